The summed E-state index contributed by atoms with van der Waals surface area (Å²) in [4.78, 5) is 15.9. The minimum atomic E-state index is 0.862. The highest BCUT2D eigenvalue weighted by Gasteiger charge is 2.12. The number of H-pyrrole nitrogens is 2. The van der Waals surface area contributed by atoms with Crippen LogP contribution in [0.5, 0.6) is 0 Å². The molecule has 18 heavy (non-hydrogen) atoms. The van der Waals surface area contributed by atoms with E-state index in [0.717, 1.165) is 60.1 Å². The Hall–Kier alpha value is -1.58. The number of aryl methyl sites for hydroxylation is 4. The van der Waals surface area contributed by atoms with Crippen LogP contribution in [0.3, 0.4) is 0 Å². The predicted octanol–water partition coefficient (Wildman–Crippen LogP) is 3.32. The normalized spacial score (nSPS) is 11.1. The van der Waals surface area contributed by atoms with Crippen LogP contribution in [0.2, 0.25) is 0 Å². The monoisotopic (exact) mass is 246 g/mol. The lowest BCUT2D eigenvalue weighted by Crippen LogP contribution is -1.87. The van der Waals surface area contributed by atoms with Gasteiger partial charge in [-0.3, -0.25) is 0 Å². The Morgan fingerprint density at radius 1 is 0.778 bits per heavy atom. The van der Waals surface area contributed by atoms with Crippen molar-refractivity contribution in [1.82, 2.24) is 19.9 Å². The van der Waals surface area contributed by atoms with E-state index in [2.05, 4.69) is 47.6 Å². The van der Waals surface area contributed by atoms with Gasteiger partial charge in [-0.1, -0.05) is 26.7 Å². The minimum Gasteiger partial charge on any atom is -0.339 e. The maximum absolute atomic E-state index is 4.64. The van der Waals surface area contributed by atoms with Crippen molar-refractivity contribution in [1.29, 1.82) is 0 Å². The molecule has 0 atom stereocenters. The lowest BCUT2D eigenvalue weighted by Gasteiger charge is -1.91. The van der Waals surface area contributed by atoms with Crippen LogP contribution in [0, 0.1) is 13.8 Å². The standard InChI is InChI=1S/C14H22N4/c1-5-7-11-9(3)15-13(17-11)14-16-10(4)12(18-14)8-6-2/h5-8H2,1-4H3,(H,15,17)(H,16,18). The number of nitrogens with one attached hydrogen (secondary N) is 2. The van der Waals surface area contributed by atoms with Crippen LogP contribution in [0.4, 0.5) is 0 Å². The summed E-state index contributed by atoms with van der Waals surface area (Å²) in [5, 5.41) is 0. The van der Waals surface area contributed by atoms with Crippen molar-refractivity contribution in [3.63, 3.8) is 0 Å². The second kappa shape index (κ2) is 5.38. The van der Waals surface area contributed by atoms with Gasteiger partial charge in [-0.15, -0.1) is 0 Å². The van der Waals surface area contributed by atoms with E-state index in [1.54, 1.807) is 0 Å². The van der Waals surface area contributed by atoms with Crippen molar-refractivity contribution in [2.45, 2.75) is 53.4 Å². The van der Waals surface area contributed by atoms with E-state index in [1.165, 1.54) is 0 Å². The van der Waals surface area contributed by atoms with E-state index in [9.17, 15) is 0 Å². The largest absolute Gasteiger partial charge is 0.339 e. The van der Waals surface area contributed by atoms with Gasteiger partial charge in [0.1, 0.15) is 0 Å². The van der Waals surface area contributed by atoms with Crippen LogP contribution in [0.1, 0.15) is 49.5 Å². The highest BCUT2D eigenvalue weighted by molar-refractivity contribution is 5.47. The molecule has 2 aromatic heterocycles. The molecule has 0 amide bonds. The van der Waals surface area contributed by atoms with E-state index < -0.39 is 0 Å². The molecule has 0 fully saturated rings. The molecule has 4 nitrogen and oxygen atoms in total. The van der Waals surface area contributed by atoms with Crippen LogP contribution < -0.4 is 0 Å². The van der Waals surface area contributed by atoms with Crippen molar-refractivity contribution in [2.75, 3.05) is 0 Å². The molecule has 0 aromatic carbocycles. The average Bonchev–Trinajstić information content (AvgIpc) is 2.86. The average molecular weight is 246 g/mol. The summed E-state index contributed by atoms with van der Waals surface area (Å²) in [7, 11) is 0. The quantitative estimate of drug-likeness (QED) is 0.850. The van der Waals surface area contributed by atoms with Gasteiger partial charge in [0.25, 0.3) is 0 Å². The van der Waals surface area contributed by atoms with Crippen LogP contribution >= 0.6 is 0 Å². The number of hydrogen-bond acceptors (Lipinski definition) is 2. The van der Waals surface area contributed by atoms with Crippen LogP contribution in [-0.2, 0) is 12.8 Å². The summed E-state index contributed by atoms with van der Waals surface area (Å²) in [5.41, 5.74) is 4.60. The minimum absolute atomic E-state index is 0.862. The number of imidazole rings is 2. The van der Waals surface area contributed by atoms with Gasteiger partial charge in [0.2, 0.25) is 0 Å². The number of aromatic nitrogens is 4. The van der Waals surface area contributed by atoms with Gasteiger partial charge in [-0.25, -0.2) is 9.97 Å². The maximum Gasteiger partial charge on any atom is 0.174 e. The lowest BCUT2D eigenvalue weighted by molar-refractivity contribution is 0.880. The molecule has 2 rings (SSSR count). The number of nitrogens with zero attached hydrogens (tertiary/aromatic N) is 2. The van der Waals surface area contributed by atoms with E-state index in [4.69, 9.17) is 0 Å². The Kier molecular flexibility index (Phi) is 3.84. The van der Waals surface area contributed by atoms with Crippen molar-refractivity contribution in [3.05, 3.63) is 22.8 Å². The van der Waals surface area contributed by atoms with E-state index in [0.29, 0.717) is 0 Å². The fourth-order valence-electron chi connectivity index (χ4n) is 2.18. The third kappa shape index (κ3) is 2.47. The molecule has 0 aliphatic carbocycles. The topological polar surface area (TPSA) is 57.4 Å². The second-order valence-electron chi connectivity index (χ2n) is 4.81. The highest BCUT2D eigenvalue weighted by atomic mass is 15.0. The van der Waals surface area contributed by atoms with E-state index in [1.807, 2.05) is 0 Å². The number of rotatable bonds is 5. The first kappa shape index (κ1) is 12.9. The zero-order chi connectivity index (χ0) is 13.1. The summed E-state index contributed by atoms with van der Waals surface area (Å²) >= 11 is 0. The maximum atomic E-state index is 4.64. The molecule has 2 heterocycles. The van der Waals surface area contributed by atoms with E-state index >= 15 is 0 Å². The Bertz CT molecular complexity index is 474. The molecule has 0 saturated carbocycles. The molecule has 0 saturated heterocycles. The summed E-state index contributed by atoms with van der Waals surface area (Å²) in [5.74, 6) is 1.72. The molecular formula is C14H22N4. The Labute approximate surface area is 108 Å². The van der Waals surface area contributed by atoms with Gasteiger partial charge in [0.15, 0.2) is 11.6 Å². The first-order chi connectivity index (χ1) is 8.65. The molecule has 0 bridgehead atoms. The van der Waals surface area contributed by atoms with Crippen LogP contribution in [0.25, 0.3) is 11.6 Å². The van der Waals surface area contributed by atoms with Gasteiger partial charge in [0, 0.05) is 11.4 Å². The zero-order valence-electron chi connectivity index (χ0n) is 11.7. The smallest absolute Gasteiger partial charge is 0.174 e. The van der Waals surface area contributed by atoms with Crippen molar-refractivity contribution < 1.29 is 0 Å². The fraction of sp³-hybridized carbons (Fsp3) is 0.571. The first-order valence-electron chi connectivity index (χ1n) is 6.77. The van der Waals surface area contributed by atoms with E-state index in [-0.39, 0.29) is 0 Å². The molecule has 0 aliphatic heterocycles. The van der Waals surface area contributed by atoms with Gasteiger partial charge in [-0.2, -0.15) is 0 Å². The first-order valence-corrected chi connectivity index (χ1v) is 6.77. The predicted molar refractivity (Wildman–Crippen MR) is 73.6 cm³/mol. The molecule has 0 radical (unpaired) electrons. The number of aromatic amines is 2. The van der Waals surface area contributed by atoms with Crippen LogP contribution in [-0.4, -0.2) is 19.9 Å². The third-order valence-corrected chi connectivity index (χ3v) is 3.17. The van der Waals surface area contributed by atoms with Gasteiger partial charge < -0.3 is 9.97 Å². The van der Waals surface area contributed by atoms with Gasteiger partial charge in [0.05, 0.1) is 11.4 Å². The fourth-order valence-corrected chi connectivity index (χ4v) is 2.18. The molecule has 4 heteroatoms. The lowest BCUT2D eigenvalue weighted by atomic mass is 10.2. The molecule has 0 unspecified atom stereocenters. The van der Waals surface area contributed by atoms with Crippen molar-refractivity contribution >= 4 is 0 Å². The second-order valence-corrected chi connectivity index (χ2v) is 4.81. The SMILES string of the molecule is CCCc1nc(-c2nc(CCC)c(C)[nH]2)[nH]c1C. The zero-order valence-corrected chi connectivity index (χ0v) is 11.7. The Morgan fingerprint density at radius 3 is 1.50 bits per heavy atom. The molecule has 2 N–H and O–H groups in total. The van der Waals surface area contributed by atoms with Crippen molar-refractivity contribution in [2.24, 2.45) is 0 Å². The van der Waals surface area contributed by atoms with Gasteiger partial charge >= 0.3 is 0 Å². The highest BCUT2D eigenvalue weighted by Crippen LogP contribution is 2.18. The van der Waals surface area contributed by atoms with Gasteiger partial charge in [-0.05, 0) is 26.7 Å². The molecular weight excluding hydrogens is 224 g/mol. The van der Waals surface area contributed by atoms with Crippen molar-refractivity contribution in [3.8, 4) is 11.6 Å². The Morgan fingerprint density at radius 2 is 1.17 bits per heavy atom. The number of hydrogen-bond donors (Lipinski definition) is 2. The molecule has 98 valence electrons. The molecule has 2 aromatic rings. The molecule has 0 aliphatic rings. The Balaban J connectivity index is 2.30. The summed E-state index contributed by atoms with van der Waals surface area (Å²) in [6, 6.07) is 0. The summed E-state index contributed by atoms with van der Waals surface area (Å²) in [6.07, 6.45) is 4.26. The summed E-state index contributed by atoms with van der Waals surface area (Å²) in [6.45, 7) is 8.49. The molecule has 0 spiro atoms. The van der Waals surface area contributed by atoms with Crippen LogP contribution in [0.15, 0.2) is 0 Å². The third-order valence-electron chi connectivity index (χ3n) is 3.17. The summed E-state index contributed by atoms with van der Waals surface area (Å²) < 4.78 is 0.